The Morgan fingerprint density at radius 3 is 2.05 bits per heavy atom. The number of halogens is 2. The lowest BCUT2D eigenvalue weighted by Crippen LogP contribution is -1.86. The summed E-state index contributed by atoms with van der Waals surface area (Å²) in [7, 11) is 0. The van der Waals surface area contributed by atoms with Gasteiger partial charge in [0.2, 0.25) is 0 Å². The quantitative estimate of drug-likeness (QED) is 0.693. The topological polar surface area (TPSA) is 24.4 Å². The molecule has 0 heterocycles. The first kappa shape index (κ1) is 14.0. The number of aliphatic imine (C=N–C) groups is 1. The number of nitrogens with one attached hydrogen (secondary N) is 1. The standard InChI is InChI=1S/C15H12Br2N2/c16-12-2-6-14(7-3-12)18-10-1-11-19-15-8-4-13(17)5-9-15/h1-11,18H/b10-1+,19-11?. The van der Waals surface area contributed by atoms with Crippen LogP contribution in [0.2, 0.25) is 0 Å². The SMILES string of the molecule is Brc1ccc(N=C/C=C/Nc2ccc(Br)cc2)cc1. The molecule has 1 N–H and O–H groups in total. The van der Waals surface area contributed by atoms with Gasteiger partial charge in [-0.3, -0.25) is 4.99 Å². The monoisotopic (exact) mass is 378 g/mol. The van der Waals surface area contributed by atoms with Crippen molar-refractivity contribution < 1.29 is 0 Å². The maximum absolute atomic E-state index is 4.31. The molecule has 0 saturated heterocycles. The van der Waals surface area contributed by atoms with Gasteiger partial charge in [0.25, 0.3) is 0 Å². The zero-order chi connectivity index (χ0) is 13.5. The Kier molecular flexibility index (Phi) is 5.36. The largest absolute Gasteiger partial charge is 0.362 e. The number of hydrogen-bond donors (Lipinski definition) is 1. The van der Waals surface area contributed by atoms with E-state index in [1.807, 2.05) is 60.8 Å². The van der Waals surface area contributed by atoms with Crippen molar-refractivity contribution in [3.05, 3.63) is 69.8 Å². The zero-order valence-corrected chi connectivity index (χ0v) is 13.2. The molecule has 0 aliphatic heterocycles. The van der Waals surface area contributed by atoms with Crippen LogP contribution in [0.3, 0.4) is 0 Å². The maximum atomic E-state index is 4.31. The van der Waals surface area contributed by atoms with Crippen LogP contribution in [0, 0.1) is 0 Å². The highest BCUT2D eigenvalue weighted by molar-refractivity contribution is 9.10. The average molecular weight is 380 g/mol. The second-order valence-corrected chi connectivity index (χ2v) is 5.60. The van der Waals surface area contributed by atoms with E-state index in [1.165, 1.54) is 0 Å². The highest BCUT2D eigenvalue weighted by Gasteiger charge is 1.88. The molecule has 0 bridgehead atoms. The van der Waals surface area contributed by atoms with Gasteiger partial charge in [-0.1, -0.05) is 31.9 Å². The molecular formula is C15H12Br2N2. The average Bonchev–Trinajstić information content (AvgIpc) is 2.43. The van der Waals surface area contributed by atoms with Crippen molar-refractivity contribution in [1.29, 1.82) is 0 Å². The van der Waals surface area contributed by atoms with Crippen LogP contribution in [0.4, 0.5) is 11.4 Å². The normalized spacial score (nSPS) is 11.3. The highest BCUT2D eigenvalue weighted by atomic mass is 79.9. The van der Waals surface area contributed by atoms with Crippen molar-refractivity contribution >= 4 is 49.4 Å². The lowest BCUT2D eigenvalue weighted by atomic mass is 10.3. The van der Waals surface area contributed by atoms with Crippen LogP contribution in [-0.2, 0) is 0 Å². The molecule has 2 rings (SSSR count). The Morgan fingerprint density at radius 2 is 1.42 bits per heavy atom. The summed E-state index contributed by atoms with van der Waals surface area (Å²) in [5.74, 6) is 0. The lowest BCUT2D eigenvalue weighted by Gasteiger charge is -1.99. The number of anilines is 1. The first-order valence-corrected chi connectivity index (χ1v) is 7.29. The molecule has 0 aromatic heterocycles. The Hall–Kier alpha value is -1.39. The van der Waals surface area contributed by atoms with Crippen LogP contribution in [0.5, 0.6) is 0 Å². The third kappa shape index (κ3) is 5.01. The van der Waals surface area contributed by atoms with Gasteiger partial charge < -0.3 is 5.32 Å². The zero-order valence-electron chi connectivity index (χ0n) is 10.1. The number of hydrogen-bond acceptors (Lipinski definition) is 2. The third-order valence-corrected chi connectivity index (χ3v) is 3.38. The van der Waals surface area contributed by atoms with Crippen LogP contribution in [0.1, 0.15) is 0 Å². The van der Waals surface area contributed by atoms with Crippen LogP contribution in [-0.4, -0.2) is 6.21 Å². The van der Waals surface area contributed by atoms with Crippen molar-refractivity contribution in [1.82, 2.24) is 0 Å². The van der Waals surface area contributed by atoms with Gasteiger partial charge in [-0.05, 0) is 54.6 Å². The number of allylic oxidation sites excluding steroid dienone is 1. The van der Waals surface area contributed by atoms with Gasteiger partial charge in [-0.25, -0.2) is 0 Å². The van der Waals surface area contributed by atoms with Crippen LogP contribution in [0.15, 0.2) is 74.7 Å². The molecule has 0 unspecified atom stereocenters. The minimum atomic E-state index is 0.927. The fourth-order valence-corrected chi connectivity index (χ4v) is 1.92. The van der Waals surface area contributed by atoms with Gasteiger partial charge in [-0.2, -0.15) is 0 Å². The molecule has 0 fully saturated rings. The van der Waals surface area contributed by atoms with Gasteiger partial charge in [0.15, 0.2) is 0 Å². The van der Waals surface area contributed by atoms with Gasteiger partial charge in [-0.15, -0.1) is 0 Å². The molecule has 2 nitrogen and oxygen atoms in total. The summed E-state index contributed by atoms with van der Waals surface area (Å²) >= 11 is 6.79. The van der Waals surface area contributed by atoms with Gasteiger partial charge in [0, 0.05) is 27.0 Å². The number of benzene rings is 2. The summed E-state index contributed by atoms with van der Waals surface area (Å²) in [5, 5.41) is 3.17. The molecule has 2 aromatic carbocycles. The highest BCUT2D eigenvalue weighted by Crippen LogP contribution is 2.16. The fourth-order valence-electron chi connectivity index (χ4n) is 1.39. The summed E-state index contributed by atoms with van der Waals surface area (Å²) in [5.41, 5.74) is 1.97. The Bertz CT molecular complexity index is 572. The minimum absolute atomic E-state index is 0.927. The van der Waals surface area contributed by atoms with Crippen molar-refractivity contribution in [3.63, 3.8) is 0 Å². The van der Waals surface area contributed by atoms with E-state index in [4.69, 9.17) is 0 Å². The molecule has 0 amide bonds. The van der Waals surface area contributed by atoms with Crippen molar-refractivity contribution in [2.24, 2.45) is 4.99 Å². The second-order valence-electron chi connectivity index (χ2n) is 3.76. The Labute approximate surface area is 129 Å². The molecule has 0 atom stereocenters. The van der Waals surface area contributed by atoms with E-state index in [9.17, 15) is 0 Å². The molecule has 2 aromatic rings. The summed E-state index contributed by atoms with van der Waals surface area (Å²) < 4.78 is 2.12. The van der Waals surface area contributed by atoms with E-state index >= 15 is 0 Å². The van der Waals surface area contributed by atoms with Gasteiger partial charge >= 0.3 is 0 Å². The van der Waals surface area contributed by atoms with Gasteiger partial charge in [0.1, 0.15) is 0 Å². The van der Waals surface area contributed by atoms with Crippen LogP contribution < -0.4 is 5.32 Å². The van der Waals surface area contributed by atoms with E-state index < -0.39 is 0 Å². The molecule has 96 valence electrons. The molecule has 0 aliphatic rings. The second kappa shape index (κ2) is 7.26. The molecule has 0 radical (unpaired) electrons. The Morgan fingerprint density at radius 1 is 0.842 bits per heavy atom. The van der Waals surface area contributed by atoms with Crippen LogP contribution >= 0.6 is 31.9 Å². The summed E-state index contributed by atoms with van der Waals surface area (Å²) in [6.45, 7) is 0. The Balaban J connectivity index is 1.86. The summed E-state index contributed by atoms with van der Waals surface area (Å²) in [4.78, 5) is 4.31. The van der Waals surface area contributed by atoms with E-state index in [0.717, 1.165) is 20.3 Å². The maximum Gasteiger partial charge on any atom is 0.0630 e. The van der Waals surface area contributed by atoms with Gasteiger partial charge in [0.05, 0.1) is 5.69 Å². The molecule has 4 heteroatoms. The predicted molar refractivity (Wildman–Crippen MR) is 89.2 cm³/mol. The first-order valence-electron chi connectivity index (χ1n) is 5.71. The van der Waals surface area contributed by atoms with E-state index in [2.05, 4.69) is 42.2 Å². The van der Waals surface area contributed by atoms with E-state index in [0.29, 0.717) is 0 Å². The third-order valence-electron chi connectivity index (χ3n) is 2.33. The van der Waals surface area contributed by atoms with Crippen molar-refractivity contribution in [2.75, 3.05) is 5.32 Å². The van der Waals surface area contributed by atoms with Crippen molar-refractivity contribution in [3.8, 4) is 0 Å². The summed E-state index contributed by atoms with van der Waals surface area (Å²) in [6.07, 6.45) is 5.48. The van der Waals surface area contributed by atoms with Crippen molar-refractivity contribution in [2.45, 2.75) is 0 Å². The summed E-state index contributed by atoms with van der Waals surface area (Å²) in [6, 6.07) is 15.8. The van der Waals surface area contributed by atoms with E-state index in [1.54, 1.807) is 6.21 Å². The van der Waals surface area contributed by atoms with Crippen LogP contribution in [0.25, 0.3) is 0 Å². The lowest BCUT2D eigenvalue weighted by molar-refractivity contribution is 1.52. The smallest absolute Gasteiger partial charge is 0.0630 e. The fraction of sp³-hybridized carbons (Fsp3) is 0. The first-order chi connectivity index (χ1) is 9.24. The molecule has 0 saturated carbocycles. The number of nitrogens with zero attached hydrogens (tertiary/aromatic N) is 1. The molecular weight excluding hydrogens is 368 g/mol. The minimum Gasteiger partial charge on any atom is -0.362 e. The predicted octanol–water partition coefficient (Wildman–Crippen LogP) is 5.54. The molecule has 0 aliphatic carbocycles. The molecule has 0 spiro atoms. The number of rotatable bonds is 4. The molecule has 19 heavy (non-hydrogen) atoms. The van der Waals surface area contributed by atoms with E-state index in [-0.39, 0.29) is 0 Å².